The number of carbonyl (C=O) groups is 3. The highest BCUT2D eigenvalue weighted by Crippen LogP contribution is 2.67. The average molecular weight is 584 g/mol. The Morgan fingerprint density at radius 3 is 2.66 bits per heavy atom. The molecule has 1 aromatic carbocycles. The Kier molecular flexibility index (Phi) is 9.53. The topological polar surface area (TPSA) is 99.6 Å². The van der Waals surface area contributed by atoms with Gasteiger partial charge in [-0.25, -0.2) is 0 Å². The number of aliphatic hydroxyl groups excluding tert-OH is 1. The van der Waals surface area contributed by atoms with Crippen LogP contribution in [0.25, 0.3) is 0 Å². The first-order chi connectivity index (χ1) is 19.9. The largest absolute Gasteiger partial charge is 0.461 e. The molecule has 4 heterocycles. The smallest absolute Gasteiger partial charge is 0.311 e. The first-order valence-electron chi connectivity index (χ1n) is 14.6. The lowest BCUT2D eigenvalue weighted by atomic mass is 9.71. The number of esters is 1. The van der Waals surface area contributed by atoms with E-state index in [4.69, 9.17) is 9.47 Å². The van der Waals surface area contributed by atoms with E-state index in [0.29, 0.717) is 45.7 Å². The molecule has 4 saturated heterocycles. The number of benzene rings is 1. The zero-order valence-electron chi connectivity index (χ0n) is 23.6. The molecule has 1 aromatic rings. The van der Waals surface area contributed by atoms with Gasteiger partial charge in [-0.1, -0.05) is 49.1 Å². The van der Waals surface area contributed by atoms with E-state index in [2.05, 4.69) is 18.1 Å². The van der Waals surface area contributed by atoms with Crippen molar-refractivity contribution >= 4 is 29.5 Å². The van der Waals surface area contributed by atoms with Gasteiger partial charge in [-0.2, -0.15) is 0 Å². The number of likely N-dealkylation sites (tertiary alicyclic amines) is 1. The first kappa shape index (κ1) is 29.8. The van der Waals surface area contributed by atoms with Crippen LogP contribution in [0.15, 0.2) is 55.6 Å². The second-order valence-corrected chi connectivity index (χ2v) is 12.9. The number of morpholine rings is 1. The summed E-state index contributed by atoms with van der Waals surface area (Å²) >= 11 is 1.61. The quantitative estimate of drug-likeness (QED) is 0.277. The molecule has 1 N–H and O–H groups in total. The van der Waals surface area contributed by atoms with E-state index in [9.17, 15) is 19.5 Å². The zero-order valence-corrected chi connectivity index (χ0v) is 24.4. The van der Waals surface area contributed by atoms with Crippen molar-refractivity contribution in [2.75, 3.05) is 59.2 Å². The van der Waals surface area contributed by atoms with Crippen LogP contribution in [0.2, 0.25) is 0 Å². The Hall–Kier alpha value is -2.66. The fourth-order valence-corrected chi connectivity index (χ4v) is 9.30. The Morgan fingerprint density at radius 1 is 1.22 bits per heavy atom. The van der Waals surface area contributed by atoms with Crippen molar-refractivity contribution in [1.29, 1.82) is 0 Å². The molecule has 6 atom stereocenters. The van der Waals surface area contributed by atoms with Crippen LogP contribution in [-0.2, 0) is 30.3 Å². The molecule has 10 heteroatoms. The van der Waals surface area contributed by atoms with Gasteiger partial charge in [-0.3, -0.25) is 19.3 Å². The van der Waals surface area contributed by atoms with Crippen molar-refractivity contribution in [1.82, 2.24) is 14.7 Å². The van der Waals surface area contributed by atoms with E-state index in [-0.39, 0.29) is 30.3 Å². The normalized spacial score (nSPS) is 29.7. The minimum absolute atomic E-state index is 0.0780. The van der Waals surface area contributed by atoms with E-state index >= 15 is 0 Å². The molecular formula is C31H41N3O6S. The van der Waals surface area contributed by atoms with Gasteiger partial charge in [0.1, 0.15) is 12.6 Å². The van der Waals surface area contributed by atoms with Gasteiger partial charge in [0.15, 0.2) is 0 Å². The summed E-state index contributed by atoms with van der Waals surface area (Å²) in [5.41, 5.74) is 0.967. The minimum Gasteiger partial charge on any atom is -0.461 e. The van der Waals surface area contributed by atoms with Crippen LogP contribution in [0, 0.1) is 11.8 Å². The van der Waals surface area contributed by atoms with Crippen molar-refractivity contribution in [3.63, 3.8) is 0 Å². The van der Waals surface area contributed by atoms with Crippen LogP contribution in [0.4, 0.5) is 0 Å². The molecule has 0 aliphatic carbocycles. The maximum Gasteiger partial charge on any atom is 0.311 e. The second kappa shape index (κ2) is 13.1. The third kappa shape index (κ3) is 5.71. The highest BCUT2D eigenvalue weighted by Gasteiger charge is 2.74. The van der Waals surface area contributed by atoms with Crippen LogP contribution in [0.1, 0.15) is 18.4 Å². The predicted octanol–water partition coefficient (Wildman–Crippen LogP) is 1.76. The molecule has 41 heavy (non-hydrogen) atoms. The van der Waals surface area contributed by atoms with Crippen LogP contribution < -0.4 is 0 Å². The third-order valence-electron chi connectivity index (χ3n) is 8.96. The number of rotatable bonds is 13. The first-order valence-corrected chi connectivity index (χ1v) is 15.4. The second-order valence-electron chi connectivity index (χ2n) is 11.3. The van der Waals surface area contributed by atoms with Crippen LogP contribution >= 0.6 is 11.8 Å². The fraction of sp³-hybridized carbons (Fsp3) is 0.581. The Morgan fingerprint density at radius 2 is 1.98 bits per heavy atom. The minimum atomic E-state index is -0.794. The Bertz CT molecular complexity index is 1130. The van der Waals surface area contributed by atoms with E-state index in [1.165, 1.54) is 6.08 Å². The summed E-state index contributed by atoms with van der Waals surface area (Å²) in [6.07, 6.45) is 5.04. The van der Waals surface area contributed by atoms with Gasteiger partial charge in [0.2, 0.25) is 11.8 Å². The van der Waals surface area contributed by atoms with Crippen molar-refractivity contribution < 1.29 is 29.0 Å². The number of carbonyl (C=O) groups excluding carboxylic acids is 3. The summed E-state index contributed by atoms with van der Waals surface area (Å²) in [7, 11) is 0. The van der Waals surface area contributed by atoms with E-state index in [1.807, 2.05) is 30.3 Å². The monoisotopic (exact) mass is 583 g/mol. The highest BCUT2D eigenvalue weighted by atomic mass is 32.2. The van der Waals surface area contributed by atoms with Crippen LogP contribution in [0.3, 0.4) is 0 Å². The zero-order chi connectivity index (χ0) is 29.0. The molecule has 4 aliphatic heterocycles. The lowest BCUT2D eigenvalue weighted by Gasteiger charge is -2.40. The molecular weight excluding hydrogens is 542 g/mol. The van der Waals surface area contributed by atoms with Crippen LogP contribution in [-0.4, -0.2) is 119 Å². The van der Waals surface area contributed by atoms with Crippen LogP contribution in [0.5, 0.6) is 0 Å². The fourth-order valence-electron chi connectivity index (χ4n) is 7.11. The Labute approximate surface area is 246 Å². The molecule has 0 aromatic heterocycles. The number of hydrogen-bond donors (Lipinski definition) is 1. The third-order valence-corrected chi connectivity index (χ3v) is 10.9. The molecule has 2 amide bonds. The van der Waals surface area contributed by atoms with E-state index in [0.717, 1.165) is 25.1 Å². The number of amides is 2. The summed E-state index contributed by atoms with van der Waals surface area (Å²) in [6.45, 7) is 11.8. The number of ether oxygens (including phenoxy) is 2. The van der Waals surface area contributed by atoms with Gasteiger partial charge in [0, 0.05) is 38.0 Å². The Balaban J connectivity index is 1.49. The van der Waals surface area contributed by atoms with E-state index in [1.54, 1.807) is 27.6 Å². The molecule has 0 saturated carbocycles. The maximum atomic E-state index is 14.6. The summed E-state index contributed by atoms with van der Waals surface area (Å²) in [5.74, 6) is -2.09. The van der Waals surface area contributed by atoms with Gasteiger partial charge in [0.25, 0.3) is 0 Å². The van der Waals surface area contributed by atoms with Gasteiger partial charge >= 0.3 is 5.97 Å². The summed E-state index contributed by atoms with van der Waals surface area (Å²) < 4.78 is 10.2. The number of nitrogens with zero attached hydrogens (tertiary/aromatic N) is 3. The van der Waals surface area contributed by atoms with Crippen molar-refractivity contribution in [2.45, 2.75) is 41.3 Å². The number of thioether (sulfide) groups is 1. The SMILES string of the molecule is C=CCOC(=O)[C@@H]1[C@H]2C(=O)N([C@@H](CO)Cc3ccccc3)C(C(=O)N(CC=C)CCN3CCOCC3)C23CC[C@H]1S3. The molecule has 1 spiro atoms. The van der Waals surface area contributed by atoms with Crippen molar-refractivity contribution in [2.24, 2.45) is 11.8 Å². The molecule has 0 radical (unpaired) electrons. The van der Waals surface area contributed by atoms with Gasteiger partial charge in [0.05, 0.1) is 42.4 Å². The summed E-state index contributed by atoms with van der Waals surface area (Å²) in [6, 6.07) is 8.29. The maximum absolute atomic E-state index is 14.6. The molecule has 222 valence electrons. The van der Waals surface area contributed by atoms with Gasteiger partial charge < -0.3 is 24.4 Å². The molecule has 9 nitrogen and oxygen atoms in total. The predicted molar refractivity (Wildman–Crippen MR) is 157 cm³/mol. The molecule has 4 fully saturated rings. The van der Waals surface area contributed by atoms with Gasteiger partial charge in [-0.05, 0) is 24.8 Å². The molecule has 5 rings (SSSR count). The average Bonchev–Trinajstić information content (AvgIpc) is 3.65. The van der Waals surface area contributed by atoms with E-state index < -0.39 is 34.6 Å². The lowest BCUT2D eigenvalue weighted by molar-refractivity contribution is -0.153. The van der Waals surface area contributed by atoms with Crippen molar-refractivity contribution in [3.05, 3.63) is 61.2 Å². The molecule has 2 unspecified atom stereocenters. The number of fused-ring (bicyclic) bond motifs is 1. The summed E-state index contributed by atoms with van der Waals surface area (Å²) in [5, 5.41) is 10.6. The number of aliphatic hydroxyl groups is 1. The highest BCUT2D eigenvalue weighted by molar-refractivity contribution is 8.02. The van der Waals surface area contributed by atoms with Crippen molar-refractivity contribution in [3.8, 4) is 0 Å². The standard InChI is InChI=1S/C31H41N3O6S/c1-3-12-33(14-13-32-15-18-39-19-16-32)29(37)27-31-11-10-24(41-31)25(30(38)40-17-4-2)26(31)28(36)34(27)23(21-35)20-22-8-6-5-7-9-22/h3-9,23-27,35H,1-2,10-21H2/t23-,24-,25+,26+,27?,31?/m1/s1. The summed E-state index contributed by atoms with van der Waals surface area (Å²) in [4.78, 5) is 48.0. The molecule has 2 bridgehead atoms. The molecule has 4 aliphatic rings. The number of hydrogen-bond acceptors (Lipinski definition) is 8. The van der Waals surface area contributed by atoms with Gasteiger partial charge in [-0.15, -0.1) is 18.3 Å². The lowest BCUT2D eigenvalue weighted by Crippen LogP contribution is -2.58.